The molecule has 3 N–H and O–H groups in total. The van der Waals surface area contributed by atoms with E-state index in [1.165, 1.54) is 0 Å². The number of rotatable bonds is 4. The predicted octanol–water partition coefficient (Wildman–Crippen LogP) is 1.62. The Bertz CT molecular complexity index is 689. The van der Waals surface area contributed by atoms with Crippen molar-refractivity contribution in [2.24, 2.45) is 0 Å². The highest BCUT2D eigenvalue weighted by atomic mass is 16.3. The summed E-state index contributed by atoms with van der Waals surface area (Å²) in [5, 5.41) is 12.6. The monoisotopic (exact) mass is 271 g/mol. The largest absolute Gasteiger partial charge is 0.463 e. The number of aliphatic hydroxyl groups is 1. The summed E-state index contributed by atoms with van der Waals surface area (Å²) in [4.78, 5) is 18.8. The summed E-state index contributed by atoms with van der Waals surface area (Å²) in [5.74, 6) is -0.287. The van der Waals surface area contributed by atoms with E-state index in [1.54, 1.807) is 42.9 Å². The van der Waals surface area contributed by atoms with Gasteiger partial charge in [-0.1, -0.05) is 0 Å². The van der Waals surface area contributed by atoms with Crippen molar-refractivity contribution in [3.8, 4) is 0 Å². The summed E-state index contributed by atoms with van der Waals surface area (Å²) in [5.41, 5.74) is 2.51. The van der Waals surface area contributed by atoms with Gasteiger partial charge in [0, 0.05) is 31.1 Å². The molecule has 6 heteroatoms. The molecule has 0 aliphatic rings. The molecule has 0 saturated carbocycles. The van der Waals surface area contributed by atoms with Gasteiger partial charge in [0.25, 0.3) is 5.91 Å². The van der Waals surface area contributed by atoms with Gasteiger partial charge in [-0.25, -0.2) is 0 Å². The highest BCUT2D eigenvalue weighted by molar-refractivity contribution is 5.96. The van der Waals surface area contributed by atoms with Gasteiger partial charge in [0.15, 0.2) is 5.58 Å². The minimum atomic E-state index is -0.764. The molecule has 0 saturated heterocycles. The number of aromatic amines is 1. The van der Waals surface area contributed by atoms with Crippen LogP contribution in [0.15, 0.2) is 47.3 Å². The number of hydrogen-bond acceptors (Lipinski definition) is 4. The van der Waals surface area contributed by atoms with Gasteiger partial charge in [0.2, 0.25) is 0 Å². The van der Waals surface area contributed by atoms with Gasteiger partial charge in [0.1, 0.15) is 5.69 Å². The number of hydrogen-bond donors (Lipinski definition) is 3. The van der Waals surface area contributed by atoms with Crippen molar-refractivity contribution >= 4 is 17.0 Å². The van der Waals surface area contributed by atoms with Crippen LogP contribution in [-0.2, 0) is 0 Å². The number of aromatic nitrogens is 2. The van der Waals surface area contributed by atoms with E-state index in [0.29, 0.717) is 16.8 Å². The number of carbonyl (C=O) groups is 1. The van der Waals surface area contributed by atoms with E-state index in [1.807, 2.05) is 0 Å². The third-order valence-corrected chi connectivity index (χ3v) is 3.03. The molecular formula is C14H13N3O3. The van der Waals surface area contributed by atoms with Gasteiger partial charge in [-0.2, -0.15) is 0 Å². The lowest BCUT2D eigenvalue weighted by Crippen LogP contribution is -2.28. The lowest BCUT2D eigenvalue weighted by atomic mass is 10.1. The maximum absolute atomic E-state index is 11.9. The minimum absolute atomic E-state index is 0.128. The molecule has 1 amide bonds. The molecule has 0 spiro atoms. The zero-order valence-corrected chi connectivity index (χ0v) is 10.5. The maximum Gasteiger partial charge on any atom is 0.267 e. The summed E-state index contributed by atoms with van der Waals surface area (Å²) >= 11 is 0. The third-order valence-electron chi connectivity index (χ3n) is 3.03. The highest BCUT2D eigenvalue weighted by Gasteiger charge is 2.13. The van der Waals surface area contributed by atoms with Crippen molar-refractivity contribution in [1.82, 2.24) is 15.3 Å². The van der Waals surface area contributed by atoms with Crippen LogP contribution in [-0.4, -0.2) is 27.5 Å². The highest BCUT2D eigenvalue weighted by Crippen LogP contribution is 2.16. The van der Waals surface area contributed by atoms with E-state index in [0.717, 1.165) is 5.52 Å². The zero-order chi connectivity index (χ0) is 13.9. The summed E-state index contributed by atoms with van der Waals surface area (Å²) in [6, 6.07) is 6.79. The van der Waals surface area contributed by atoms with Gasteiger partial charge in [0.05, 0.1) is 17.9 Å². The normalized spacial score (nSPS) is 12.4. The Balaban J connectivity index is 1.63. The first-order valence-corrected chi connectivity index (χ1v) is 6.16. The number of aliphatic hydroxyl groups excluding tert-OH is 1. The van der Waals surface area contributed by atoms with Gasteiger partial charge in [-0.15, -0.1) is 0 Å². The first-order chi connectivity index (χ1) is 9.74. The van der Waals surface area contributed by atoms with Crippen LogP contribution in [0.3, 0.4) is 0 Å². The van der Waals surface area contributed by atoms with Crippen molar-refractivity contribution in [2.75, 3.05) is 6.54 Å². The Morgan fingerprint density at radius 2 is 2.20 bits per heavy atom. The molecule has 0 radical (unpaired) electrons. The number of pyridine rings is 1. The lowest BCUT2D eigenvalue weighted by molar-refractivity contribution is 0.0912. The average Bonchev–Trinajstić information content (AvgIpc) is 3.06. The number of carbonyl (C=O) groups excluding carboxylic acids is 1. The van der Waals surface area contributed by atoms with Crippen LogP contribution >= 0.6 is 0 Å². The smallest absolute Gasteiger partial charge is 0.267 e. The molecule has 3 aromatic rings. The summed E-state index contributed by atoms with van der Waals surface area (Å²) in [7, 11) is 0. The average molecular weight is 271 g/mol. The molecule has 1 unspecified atom stereocenters. The second-order valence-electron chi connectivity index (χ2n) is 4.39. The molecule has 20 heavy (non-hydrogen) atoms. The SMILES string of the molecule is O=C(NCC(O)c1ccncc1)c1cc2occc2[nH]1. The topological polar surface area (TPSA) is 91.2 Å². The molecule has 6 nitrogen and oxygen atoms in total. The van der Waals surface area contributed by atoms with Crippen molar-refractivity contribution in [1.29, 1.82) is 0 Å². The van der Waals surface area contributed by atoms with Crippen molar-refractivity contribution in [2.45, 2.75) is 6.10 Å². The van der Waals surface area contributed by atoms with E-state index >= 15 is 0 Å². The van der Waals surface area contributed by atoms with E-state index in [9.17, 15) is 9.90 Å². The fourth-order valence-corrected chi connectivity index (χ4v) is 1.96. The minimum Gasteiger partial charge on any atom is -0.463 e. The Morgan fingerprint density at radius 1 is 1.40 bits per heavy atom. The standard InChI is InChI=1S/C14H13N3O3/c18-12(9-1-4-15-5-2-9)8-16-14(19)11-7-13-10(17-11)3-6-20-13/h1-7,12,17-18H,8H2,(H,16,19). The van der Waals surface area contributed by atoms with Crippen molar-refractivity contribution in [3.05, 3.63) is 54.2 Å². The number of amides is 1. The summed E-state index contributed by atoms with van der Waals surface area (Å²) < 4.78 is 5.18. The number of nitrogens with zero attached hydrogens (tertiary/aromatic N) is 1. The number of H-pyrrole nitrogens is 1. The molecule has 3 heterocycles. The quantitative estimate of drug-likeness (QED) is 0.672. The van der Waals surface area contributed by atoms with Gasteiger partial charge >= 0.3 is 0 Å². The molecule has 3 rings (SSSR count). The van der Waals surface area contributed by atoms with Gasteiger partial charge in [-0.3, -0.25) is 9.78 Å². The molecule has 0 aliphatic heterocycles. The Morgan fingerprint density at radius 3 is 2.95 bits per heavy atom. The van der Waals surface area contributed by atoms with Crippen LogP contribution in [0, 0.1) is 0 Å². The van der Waals surface area contributed by atoms with Crippen LogP contribution in [0.5, 0.6) is 0 Å². The molecule has 3 aromatic heterocycles. The molecule has 0 fully saturated rings. The summed E-state index contributed by atoms with van der Waals surface area (Å²) in [6.07, 6.45) is 3.98. The molecular weight excluding hydrogens is 258 g/mol. The van der Waals surface area contributed by atoms with Gasteiger partial charge < -0.3 is 19.8 Å². The first kappa shape index (κ1) is 12.4. The Hall–Kier alpha value is -2.60. The molecule has 0 bridgehead atoms. The number of fused-ring (bicyclic) bond motifs is 1. The maximum atomic E-state index is 11.9. The van der Waals surface area contributed by atoms with E-state index < -0.39 is 6.10 Å². The van der Waals surface area contributed by atoms with Crippen molar-refractivity contribution < 1.29 is 14.3 Å². The molecule has 0 aliphatic carbocycles. The molecule has 1 atom stereocenters. The second kappa shape index (κ2) is 5.18. The fourth-order valence-electron chi connectivity index (χ4n) is 1.96. The van der Waals surface area contributed by atoms with E-state index in [-0.39, 0.29) is 12.5 Å². The fraction of sp³-hybridized carbons (Fsp3) is 0.143. The van der Waals surface area contributed by atoms with Crippen LogP contribution in [0.1, 0.15) is 22.2 Å². The third kappa shape index (κ3) is 2.41. The molecule has 0 aromatic carbocycles. The Labute approximate surface area is 114 Å². The van der Waals surface area contributed by atoms with Gasteiger partial charge in [-0.05, 0) is 17.7 Å². The zero-order valence-electron chi connectivity index (χ0n) is 10.5. The van der Waals surface area contributed by atoms with E-state index in [2.05, 4.69) is 15.3 Å². The van der Waals surface area contributed by atoms with Crippen molar-refractivity contribution in [3.63, 3.8) is 0 Å². The predicted molar refractivity (Wildman–Crippen MR) is 72.1 cm³/mol. The number of nitrogens with one attached hydrogen (secondary N) is 2. The van der Waals surface area contributed by atoms with E-state index in [4.69, 9.17) is 4.42 Å². The lowest BCUT2D eigenvalue weighted by Gasteiger charge is -2.11. The summed E-state index contributed by atoms with van der Waals surface area (Å²) in [6.45, 7) is 0.128. The van der Waals surface area contributed by atoms with Crippen LogP contribution in [0.2, 0.25) is 0 Å². The van der Waals surface area contributed by atoms with Crippen LogP contribution < -0.4 is 5.32 Å². The second-order valence-corrected chi connectivity index (χ2v) is 4.39. The van der Waals surface area contributed by atoms with Crippen LogP contribution in [0.25, 0.3) is 11.1 Å². The first-order valence-electron chi connectivity index (χ1n) is 6.16. The number of furan rings is 1. The molecule has 102 valence electrons. The van der Waals surface area contributed by atoms with Crippen LogP contribution in [0.4, 0.5) is 0 Å². The Kier molecular flexibility index (Phi) is 3.22.